The quantitative estimate of drug-likeness (QED) is 0.788. The third-order valence-corrected chi connectivity index (χ3v) is 3.28. The molecule has 2 heterocycles. The minimum absolute atomic E-state index is 0.404. The third kappa shape index (κ3) is 2.24. The lowest BCUT2D eigenvalue weighted by molar-refractivity contribution is 0.1000. The summed E-state index contributed by atoms with van der Waals surface area (Å²) in [6.07, 6.45) is 2.79. The summed E-state index contributed by atoms with van der Waals surface area (Å²) in [7, 11) is 1.95. The Hall–Kier alpha value is -1.62. The molecule has 0 saturated carbocycles. The number of hydrogen-bond donors (Lipinski definition) is 2. The van der Waals surface area contributed by atoms with E-state index >= 15 is 0 Å². The molecule has 0 aliphatic carbocycles. The summed E-state index contributed by atoms with van der Waals surface area (Å²) in [6.45, 7) is 3.66. The molecule has 0 aromatic carbocycles. The van der Waals surface area contributed by atoms with Crippen molar-refractivity contribution in [1.82, 2.24) is 10.3 Å². The van der Waals surface area contributed by atoms with Crippen molar-refractivity contribution in [2.45, 2.75) is 19.4 Å². The van der Waals surface area contributed by atoms with E-state index in [9.17, 15) is 4.79 Å². The second-order valence-electron chi connectivity index (χ2n) is 4.41. The van der Waals surface area contributed by atoms with Crippen LogP contribution in [-0.2, 0) is 0 Å². The highest BCUT2D eigenvalue weighted by Gasteiger charge is 2.25. The highest BCUT2D eigenvalue weighted by molar-refractivity contribution is 5.99. The van der Waals surface area contributed by atoms with Crippen molar-refractivity contribution in [2.75, 3.05) is 25.0 Å². The number of likely N-dealkylation sites (N-methyl/N-ethyl adjacent to an activating group) is 1. The molecule has 5 nitrogen and oxygen atoms in total. The molecule has 2 rings (SSSR count). The molecule has 1 unspecified atom stereocenters. The van der Waals surface area contributed by atoms with Gasteiger partial charge < -0.3 is 16.0 Å². The van der Waals surface area contributed by atoms with E-state index in [0.29, 0.717) is 11.6 Å². The molecule has 17 heavy (non-hydrogen) atoms. The number of pyridine rings is 1. The summed E-state index contributed by atoms with van der Waals surface area (Å²) in [5, 5.41) is 3.24. The Morgan fingerprint density at radius 1 is 1.65 bits per heavy atom. The fourth-order valence-electron chi connectivity index (χ4n) is 2.28. The molecule has 5 heteroatoms. The van der Waals surface area contributed by atoms with Gasteiger partial charge in [-0.25, -0.2) is 4.98 Å². The zero-order valence-electron chi connectivity index (χ0n) is 10.2. The maximum atomic E-state index is 11.5. The van der Waals surface area contributed by atoms with Gasteiger partial charge in [0, 0.05) is 25.3 Å². The summed E-state index contributed by atoms with van der Waals surface area (Å²) < 4.78 is 0. The molecule has 0 bridgehead atoms. The van der Waals surface area contributed by atoms with Crippen molar-refractivity contribution >= 4 is 11.7 Å². The Bertz CT molecular complexity index is 433. The van der Waals surface area contributed by atoms with E-state index in [1.807, 2.05) is 20.0 Å². The Kier molecular flexibility index (Phi) is 3.28. The van der Waals surface area contributed by atoms with Crippen molar-refractivity contribution in [2.24, 2.45) is 5.73 Å². The number of nitrogens with one attached hydrogen (secondary N) is 1. The Balaban J connectivity index is 2.33. The topological polar surface area (TPSA) is 71.2 Å². The molecular weight excluding hydrogens is 216 g/mol. The number of carbonyl (C=O) groups excluding carboxylic acids is 1. The van der Waals surface area contributed by atoms with Crippen molar-refractivity contribution in [3.63, 3.8) is 0 Å². The normalized spacial score (nSPS) is 19.6. The molecule has 1 atom stereocenters. The molecule has 0 spiro atoms. The SMILES string of the molecule is CNC1CCN(c2nccc(C)c2C(N)=O)C1. The predicted octanol–water partition coefficient (Wildman–Crippen LogP) is 0.287. The van der Waals surface area contributed by atoms with E-state index in [1.54, 1.807) is 6.20 Å². The van der Waals surface area contributed by atoms with Crippen LogP contribution in [0.15, 0.2) is 12.3 Å². The van der Waals surface area contributed by atoms with Crippen LogP contribution >= 0.6 is 0 Å². The molecule has 3 N–H and O–H groups in total. The fraction of sp³-hybridized carbons (Fsp3) is 0.500. The van der Waals surface area contributed by atoms with E-state index in [1.165, 1.54) is 0 Å². The van der Waals surface area contributed by atoms with E-state index < -0.39 is 5.91 Å². The Morgan fingerprint density at radius 3 is 3.00 bits per heavy atom. The molecule has 92 valence electrons. The summed E-state index contributed by atoms with van der Waals surface area (Å²) in [6, 6.07) is 2.27. The van der Waals surface area contributed by atoms with Crippen molar-refractivity contribution in [1.29, 1.82) is 0 Å². The van der Waals surface area contributed by atoms with Crippen LogP contribution in [0.3, 0.4) is 0 Å². The van der Waals surface area contributed by atoms with E-state index in [2.05, 4.69) is 15.2 Å². The van der Waals surface area contributed by atoms with Crippen molar-refractivity contribution < 1.29 is 4.79 Å². The number of primary amides is 1. The lowest BCUT2D eigenvalue weighted by atomic mass is 10.1. The highest BCUT2D eigenvalue weighted by atomic mass is 16.1. The number of hydrogen-bond acceptors (Lipinski definition) is 4. The summed E-state index contributed by atoms with van der Waals surface area (Å²) >= 11 is 0. The molecule has 1 aliphatic rings. The van der Waals surface area contributed by atoms with Crippen LogP contribution in [0, 0.1) is 6.92 Å². The number of nitrogens with zero attached hydrogens (tertiary/aromatic N) is 2. The number of nitrogens with two attached hydrogens (primary N) is 1. The Labute approximate surface area is 101 Å². The number of aryl methyl sites for hydroxylation is 1. The molecule has 0 radical (unpaired) electrons. The second-order valence-corrected chi connectivity index (χ2v) is 4.41. The highest BCUT2D eigenvalue weighted by Crippen LogP contribution is 2.24. The number of anilines is 1. The van der Waals surface area contributed by atoms with Gasteiger partial charge in [-0.2, -0.15) is 0 Å². The molecular formula is C12H18N4O. The average Bonchev–Trinajstić information content (AvgIpc) is 2.76. The maximum Gasteiger partial charge on any atom is 0.252 e. The van der Waals surface area contributed by atoms with Gasteiger partial charge in [-0.1, -0.05) is 0 Å². The van der Waals surface area contributed by atoms with Crippen LogP contribution in [0.4, 0.5) is 5.82 Å². The van der Waals surface area contributed by atoms with Crippen LogP contribution in [0.5, 0.6) is 0 Å². The number of carbonyl (C=O) groups is 1. The van der Waals surface area contributed by atoms with Crippen LogP contribution < -0.4 is 16.0 Å². The van der Waals surface area contributed by atoms with Gasteiger partial charge in [0.1, 0.15) is 5.82 Å². The minimum Gasteiger partial charge on any atom is -0.365 e. The summed E-state index contributed by atoms with van der Waals surface area (Å²) in [5.41, 5.74) is 6.86. The standard InChI is InChI=1S/C12H18N4O/c1-8-3-5-15-12(10(8)11(13)17)16-6-4-9(7-16)14-2/h3,5,9,14H,4,6-7H2,1-2H3,(H2,13,17). The third-order valence-electron chi connectivity index (χ3n) is 3.28. The van der Waals surface area contributed by atoms with E-state index in [0.717, 1.165) is 30.9 Å². The first-order valence-electron chi connectivity index (χ1n) is 5.81. The minimum atomic E-state index is -0.404. The fourth-order valence-corrected chi connectivity index (χ4v) is 2.28. The van der Waals surface area contributed by atoms with Gasteiger partial charge in [-0.05, 0) is 32.0 Å². The molecule has 1 aromatic heterocycles. The predicted molar refractivity (Wildman–Crippen MR) is 67.2 cm³/mol. The largest absolute Gasteiger partial charge is 0.365 e. The monoisotopic (exact) mass is 234 g/mol. The molecule has 1 saturated heterocycles. The molecule has 1 aliphatic heterocycles. The van der Waals surface area contributed by atoms with Crippen LogP contribution in [0.2, 0.25) is 0 Å². The number of aromatic nitrogens is 1. The van der Waals surface area contributed by atoms with Crippen LogP contribution in [0.25, 0.3) is 0 Å². The lowest BCUT2D eigenvalue weighted by Gasteiger charge is -2.20. The van der Waals surface area contributed by atoms with Crippen LogP contribution in [0.1, 0.15) is 22.3 Å². The van der Waals surface area contributed by atoms with E-state index in [4.69, 9.17) is 5.73 Å². The van der Waals surface area contributed by atoms with Gasteiger partial charge in [0.25, 0.3) is 5.91 Å². The smallest absolute Gasteiger partial charge is 0.252 e. The lowest BCUT2D eigenvalue weighted by Crippen LogP contribution is -2.31. The summed E-state index contributed by atoms with van der Waals surface area (Å²) in [4.78, 5) is 17.9. The van der Waals surface area contributed by atoms with Crippen LogP contribution in [-0.4, -0.2) is 37.1 Å². The van der Waals surface area contributed by atoms with Gasteiger partial charge in [0.05, 0.1) is 5.56 Å². The number of amides is 1. The van der Waals surface area contributed by atoms with Gasteiger partial charge >= 0.3 is 0 Å². The molecule has 1 fully saturated rings. The van der Waals surface area contributed by atoms with E-state index in [-0.39, 0.29) is 0 Å². The van der Waals surface area contributed by atoms with Gasteiger partial charge in [-0.15, -0.1) is 0 Å². The Morgan fingerprint density at radius 2 is 2.41 bits per heavy atom. The van der Waals surface area contributed by atoms with Crippen molar-refractivity contribution in [3.05, 3.63) is 23.4 Å². The molecule has 1 aromatic rings. The second kappa shape index (κ2) is 4.71. The first-order valence-corrected chi connectivity index (χ1v) is 5.81. The number of rotatable bonds is 3. The molecule has 1 amide bonds. The van der Waals surface area contributed by atoms with Crippen molar-refractivity contribution in [3.8, 4) is 0 Å². The first-order chi connectivity index (χ1) is 8.13. The van der Waals surface area contributed by atoms with Gasteiger partial charge in [0.15, 0.2) is 0 Å². The van der Waals surface area contributed by atoms with Gasteiger partial charge in [0.2, 0.25) is 0 Å². The average molecular weight is 234 g/mol. The summed E-state index contributed by atoms with van der Waals surface area (Å²) in [5.74, 6) is 0.314. The maximum absolute atomic E-state index is 11.5. The zero-order valence-corrected chi connectivity index (χ0v) is 10.2. The van der Waals surface area contributed by atoms with Gasteiger partial charge in [-0.3, -0.25) is 4.79 Å². The zero-order chi connectivity index (χ0) is 12.4. The first kappa shape index (κ1) is 11.9.